The zero-order valence-corrected chi connectivity index (χ0v) is 17.7. The van der Waals surface area contributed by atoms with Crippen LogP contribution >= 0.6 is 11.3 Å². The first kappa shape index (κ1) is 20.5. The fraction of sp³-hybridized carbons (Fsp3) is 0.474. The number of aromatic nitrogens is 4. The number of hydrogen-bond donors (Lipinski definition) is 1. The Morgan fingerprint density at radius 3 is 2.60 bits per heavy atom. The van der Waals surface area contributed by atoms with Crippen molar-refractivity contribution >= 4 is 28.4 Å². The number of carbonyl (C=O) groups excluding carboxylic acids is 1. The summed E-state index contributed by atoms with van der Waals surface area (Å²) in [5, 5.41) is 12.3. The van der Waals surface area contributed by atoms with E-state index in [0.717, 1.165) is 9.44 Å². The summed E-state index contributed by atoms with van der Waals surface area (Å²) in [6, 6.07) is 3.84. The first-order valence-corrected chi connectivity index (χ1v) is 10.6. The second-order valence-electron chi connectivity index (χ2n) is 7.46. The second kappa shape index (κ2) is 8.17. The number of fused-ring (bicyclic) bond motifs is 1. The van der Waals surface area contributed by atoms with Crippen molar-refractivity contribution in [2.75, 3.05) is 32.7 Å². The van der Waals surface area contributed by atoms with Gasteiger partial charge < -0.3 is 14.6 Å². The number of amides is 1. The molecular weight excluding hydrogens is 408 g/mol. The maximum Gasteiger partial charge on any atom is 0.332 e. The third-order valence-electron chi connectivity index (χ3n) is 5.55. The van der Waals surface area contributed by atoms with Gasteiger partial charge in [-0.05, 0) is 11.4 Å². The molecule has 0 spiro atoms. The van der Waals surface area contributed by atoms with Crippen molar-refractivity contribution in [2.45, 2.75) is 12.6 Å². The molecule has 1 aliphatic heterocycles. The standard InChI is InChI=1S/C19H24N6O4S/c1-21-17-16(18(28)22(2)19(21)29)25(12-20-17)11-15(27)24-7-5-23(6-8-24)10-13(26)14-4-3-9-30-14/h3-4,9,12-13,26H,5-8,10-11H2,1-2H3. The van der Waals surface area contributed by atoms with Crippen LogP contribution in [0.2, 0.25) is 0 Å². The van der Waals surface area contributed by atoms with E-state index in [1.54, 1.807) is 11.9 Å². The number of piperazine rings is 1. The van der Waals surface area contributed by atoms with Gasteiger partial charge in [0.05, 0.1) is 6.33 Å². The Morgan fingerprint density at radius 2 is 1.93 bits per heavy atom. The molecule has 1 saturated heterocycles. The number of nitrogens with zero attached hydrogens (tertiary/aromatic N) is 6. The lowest BCUT2D eigenvalue weighted by atomic mass is 10.2. The summed E-state index contributed by atoms with van der Waals surface area (Å²) in [6.45, 7) is 2.99. The molecule has 160 valence electrons. The van der Waals surface area contributed by atoms with Crippen LogP contribution in [-0.4, -0.2) is 72.2 Å². The molecule has 10 nitrogen and oxygen atoms in total. The summed E-state index contributed by atoms with van der Waals surface area (Å²) in [7, 11) is 2.96. The summed E-state index contributed by atoms with van der Waals surface area (Å²) in [5.41, 5.74) is -0.412. The van der Waals surface area contributed by atoms with E-state index < -0.39 is 17.4 Å². The topological polar surface area (TPSA) is 106 Å². The van der Waals surface area contributed by atoms with Crippen LogP contribution in [-0.2, 0) is 25.4 Å². The number of aryl methyl sites for hydroxylation is 1. The lowest BCUT2D eigenvalue weighted by Gasteiger charge is -2.35. The predicted molar refractivity (Wildman–Crippen MR) is 113 cm³/mol. The van der Waals surface area contributed by atoms with Crippen LogP contribution in [0.4, 0.5) is 0 Å². The number of carbonyl (C=O) groups is 1. The van der Waals surface area contributed by atoms with Crippen molar-refractivity contribution in [1.29, 1.82) is 0 Å². The maximum atomic E-state index is 12.8. The minimum absolute atomic E-state index is 0.0121. The Morgan fingerprint density at radius 1 is 1.20 bits per heavy atom. The van der Waals surface area contributed by atoms with E-state index in [9.17, 15) is 19.5 Å². The van der Waals surface area contributed by atoms with Gasteiger partial charge in [0.1, 0.15) is 12.6 Å². The van der Waals surface area contributed by atoms with E-state index in [1.165, 1.54) is 33.8 Å². The molecule has 0 aliphatic carbocycles. The monoisotopic (exact) mass is 432 g/mol. The molecule has 30 heavy (non-hydrogen) atoms. The molecule has 0 radical (unpaired) electrons. The van der Waals surface area contributed by atoms with Gasteiger partial charge in [0.25, 0.3) is 5.56 Å². The number of hydrogen-bond acceptors (Lipinski definition) is 7. The number of aliphatic hydroxyl groups excluding tert-OH is 1. The zero-order valence-electron chi connectivity index (χ0n) is 16.9. The molecule has 1 amide bonds. The smallest absolute Gasteiger partial charge is 0.332 e. The minimum atomic E-state index is -0.521. The Hall–Kier alpha value is -2.76. The van der Waals surface area contributed by atoms with Crippen LogP contribution in [0.1, 0.15) is 11.0 Å². The number of β-amino-alcohol motifs (C(OH)–C–C–N with tert-alkyl or cyclic N) is 1. The van der Waals surface area contributed by atoms with Gasteiger partial charge in [0.15, 0.2) is 11.2 Å². The van der Waals surface area contributed by atoms with Crippen molar-refractivity contribution in [3.63, 3.8) is 0 Å². The van der Waals surface area contributed by atoms with Crippen molar-refractivity contribution in [2.24, 2.45) is 14.1 Å². The largest absolute Gasteiger partial charge is 0.386 e. The molecule has 4 rings (SSSR count). The highest BCUT2D eigenvalue weighted by Gasteiger charge is 2.24. The first-order chi connectivity index (χ1) is 14.4. The molecule has 1 N–H and O–H groups in total. The number of rotatable bonds is 5. The third kappa shape index (κ3) is 3.71. The van der Waals surface area contributed by atoms with Crippen molar-refractivity contribution < 1.29 is 9.90 Å². The maximum absolute atomic E-state index is 12.8. The van der Waals surface area contributed by atoms with E-state index in [0.29, 0.717) is 32.7 Å². The second-order valence-corrected chi connectivity index (χ2v) is 8.44. The van der Waals surface area contributed by atoms with E-state index in [1.807, 2.05) is 17.5 Å². The van der Waals surface area contributed by atoms with Gasteiger partial charge in [0, 0.05) is 51.7 Å². The van der Waals surface area contributed by atoms with Gasteiger partial charge in [-0.1, -0.05) is 6.07 Å². The Kier molecular flexibility index (Phi) is 5.58. The predicted octanol–water partition coefficient (Wildman–Crippen LogP) is -0.627. The summed E-state index contributed by atoms with van der Waals surface area (Å²) in [6.07, 6.45) is 0.907. The Bertz CT molecular complexity index is 1170. The fourth-order valence-corrected chi connectivity index (χ4v) is 4.46. The van der Waals surface area contributed by atoms with Crippen LogP contribution in [0.3, 0.4) is 0 Å². The third-order valence-corrected chi connectivity index (χ3v) is 6.52. The van der Waals surface area contributed by atoms with E-state index in [-0.39, 0.29) is 23.6 Å². The van der Waals surface area contributed by atoms with Crippen LogP contribution in [0.15, 0.2) is 33.4 Å². The van der Waals surface area contributed by atoms with E-state index in [2.05, 4.69) is 9.88 Å². The summed E-state index contributed by atoms with van der Waals surface area (Å²) < 4.78 is 3.82. The van der Waals surface area contributed by atoms with Gasteiger partial charge in [-0.2, -0.15) is 0 Å². The number of imidazole rings is 1. The number of aliphatic hydroxyl groups is 1. The molecule has 3 aromatic rings. The SMILES string of the molecule is Cn1c(=O)c2c(ncn2CC(=O)N2CCN(CC(O)c3cccs3)CC2)n(C)c1=O. The van der Waals surface area contributed by atoms with Crippen LogP contribution in [0, 0.1) is 0 Å². The van der Waals surface area contributed by atoms with Gasteiger partial charge in [-0.15, -0.1) is 11.3 Å². The molecule has 11 heteroatoms. The average molecular weight is 433 g/mol. The molecule has 0 saturated carbocycles. The highest BCUT2D eigenvalue weighted by Crippen LogP contribution is 2.20. The zero-order chi connectivity index (χ0) is 21.4. The molecule has 1 fully saturated rings. The van der Waals surface area contributed by atoms with Crippen LogP contribution < -0.4 is 11.2 Å². The number of thiophene rings is 1. The highest BCUT2D eigenvalue weighted by atomic mass is 32.1. The van der Waals surface area contributed by atoms with Crippen LogP contribution in [0.5, 0.6) is 0 Å². The molecule has 1 atom stereocenters. The summed E-state index contributed by atoms with van der Waals surface area (Å²) in [5.74, 6) is -0.108. The lowest BCUT2D eigenvalue weighted by molar-refractivity contribution is -0.133. The minimum Gasteiger partial charge on any atom is -0.386 e. The lowest BCUT2D eigenvalue weighted by Crippen LogP contribution is -2.50. The summed E-state index contributed by atoms with van der Waals surface area (Å²) >= 11 is 1.53. The fourth-order valence-electron chi connectivity index (χ4n) is 3.76. The van der Waals surface area contributed by atoms with Gasteiger partial charge in [-0.25, -0.2) is 9.78 Å². The molecular formula is C19H24N6O4S. The Balaban J connectivity index is 1.41. The van der Waals surface area contributed by atoms with E-state index in [4.69, 9.17) is 0 Å². The molecule has 3 aromatic heterocycles. The highest BCUT2D eigenvalue weighted by molar-refractivity contribution is 7.10. The summed E-state index contributed by atoms with van der Waals surface area (Å²) in [4.78, 5) is 46.4. The molecule has 4 heterocycles. The molecule has 0 bridgehead atoms. The first-order valence-electron chi connectivity index (χ1n) is 9.69. The quantitative estimate of drug-likeness (QED) is 0.576. The van der Waals surface area contributed by atoms with Crippen LogP contribution in [0.25, 0.3) is 11.2 Å². The average Bonchev–Trinajstić information content (AvgIpc) is 3.41. The van der Waals surface area contributed by atoms with E-state index >= 15 is 0 Å². The van der Waals surface area contributed by atoms with Crippen molar-refractivity contribution in [3.8, 4) is 0 Å². The van der Waals surface area contributed by atoms with Gasteiger partial charge >= 0.3 is 5.69 Å². The van der Waals surface area contributed by atoms with Gasteiger partial charge in [-0.3, -0.25) is 23.6 Å². The molecule has 1 aliphatic rings. The van der Waals surface area contributed by atoms with Crippen molar-refractivity contribution in [1.82, 2.24) is 28.5 Å². The van der Waals surface area contributed by atoms with Crippen molar-refractivity contribution in [3.05, 3.63) is 49.6 Å². The molecule has 0 aromatic carbocycles. The Labute approximate surface area is 176 Å². The van der Waals surface area contributed by atoms with Gasteiger partial charge in [0.2, 0.25) is 5.91 Å². The normalized spacial score (nSPS) is 16.3. The molecule has 1 unspecified atom stereocenters.